The molecule has 0 aliphatic rings. The van der Waals surface area contributed by atoms with Crippen LogP contribution in [-0.2, 0) is 0 Å². The zero-order valence-electron chi connectivity index (χ0n) is 28.1. The minimum Gasteiger partial charge on any atom is -0.279 e. The lowest BCUT2D eigenvalue weighted by molar-refractivity contribution is 1.11. The number of para-hydroxylation sites is 1. The Morgan fingerprint density at radius 2 is 0.904 bits per heavy atom. The van der Waals surface area contributed by atoms with E-state index >= 15 is 0 Å². The predicted octanol–water partition coefficient (Wildman–Crippen LogP) is 13.6. The average Bonchev–Trinajstić information content (AvgIpc) is 3.62. The van der Waals surface area contributed by atoms with Gasteiger partial charge in [-0.2, -0.15) is 0 Å². The Kier molecular flexibility index (Phi) is 7.33. The van der Waals surface area contributed by atoms with Crippen molar-refractivity contribution in [1.29, 1.82) is 0 Å². The zero-order chi connectivity index (χ0) is 34.4. The summed E-state index contributed by atoms with van der Waals surface area (Å²) in [4.78, 5) is 12.9. The van der Waals surface area contributed by atoms with E-state index in [0.29, 0.717) is 5.95 Å². The molecule has 0 saturated heterocycles. The van der Waals surface area contributed by atoms with E-state index in [1.54, 1.807) is 0 Å². The molecule has 0 unspecified atom stereocenters. The fraction of sp³-hybridized carbons (Fsp3) is 0. The number of anilines is 3. The van der Waals surface area contributed by atoms with Gasteiger partial charge in [0.25, 0.3) is 0 Å². The second-order valence-electron chi connectivity index (χ2n) is 13.0. The molecule has 0 amide bonds. The van der Waals surface area contributed by atoms with Gasteiger partial charge in [0.15, 0.2) is 0 Å². The molecule has 0 spiro atoms. The summed E-state index contributed by atoms with van der Waals surface area (Å²) in [6, 6.07) is 66.5. The first kappa shape index (κ1) is 30.2. The first-order valence-electron chi connectivity index (χ1n) is 17.5. The van der Waals surface area contributed by atoms with Crippen molar-refractivity contribution in [2.75, 3.05) is 4.90 Å². The van der Waals surface area contributed by atoms with Crippen LogP contribution >= 0.6 is 11.3 Å². The van der Waals surface area contributed by atoms with Crippen LogP contribution in [0.15, 0.2) is 188 Å². The van der Waals surface area contributed by atoms with E-state index < -0.39 is 0 Å². The SMILES string of the molecule is c1ccc(-c2ccc(N(c3ccc(-c4ccccc4)cc3)c3nc(-c4cccc5c4sc4c6ccccc6ccc54)c4ccccc4n3)cc2)cc1. The third-order valence-corrected chi connectivity index (χ3v) is 11.2. The van der Waals surface area contributed by atoms with Crippen LogP contribution in [0.5, 0.6) is 0 Å². The molecule has 52 heavy (non-hydrogen) atoms. The molecule has 244 valence electrons. The molecular weight excluding hydrogens is 651 g/mol. The minimum atomic E-state index is 0.622. The van der Waals surface area contributed by atoms with E-state index in [1.165, 1.54) is 42.1 Å². The topological polar surface area (TPSA) is 29.0 Å². The number of thiophene rings is 1. The van der Waals surface area contributed by atoms with Crippen molar-refractivity contribution in [3.05, 3.63) is 188 Å². The maximum atomic E-state index is 5.49. The standard InChI is InChI=1S/C48H31N3S/c1-3-12-32(13-4-1)34-22-27-37(28-23-34)51(38-29-24-35(25-30-38)33-14-5-2-6-15-33)48-49-44-21-10-9-18-42(44)45(50-48)43-20-11-19-40-41-31-26-36-16-7-8-17-39(36)46(41)52-47(40)43/h1-31H. The summed E-state index contributed by atoms with van der Waals surface area (Å²) in [5.74, 6) is 0.622. The van der Waals surface area contributed by atoms with Crippen molar-refractivity contribution < 1.29 is 0 Å². The Morgan fingerprint density at radius 3 is 1.58 bits per heavy atom. The Hall–Kier alpha value is -6.62. The lowest BCUT2D eigenvalue weighted by atomic mass is 10.0. The summed E-state index contributed by atoms with van der Waals surface area (Å²) in [5.41, 5.74) is 9.59. The number of benzene rings is 8. The Labute approximate surface area is 305 Å². The average molecular weight is 682 g/mol. The highest BCUT2D eigenvalue weighted by Gasteiger charge is 2.21. The van der Waals surface area contributed by atoms with Crippen LogP contribution in [0.3, 0.4) is 0 Å². The summed E-state index contributed by atoms with van der Waals surface area (Å²) in [7, 11) is 0. The fourth-order valence-corrected chi connectivity index (χ4v) is 8.68. The van der Waals surface area contributed by atoms with Gasteiger partial charge in [-0.15, -0.1) is 11.3 Å². The summed E-state index contributed by atoms with van der Waals surface area (Å²) >= 11 is 1.85. The fourth-order valence-electron chi connectivity index (χ4n) is 7.33. The van der Waals surface area contributed by atoms with E-state index in [1.807, 2.05) is 11.3 Å². The first-order chi connectivity index (χ1) is 25.8. The molecule has 0 saturated carbocycles. The third kappa shape index (κ3) is 5.20. The van der Waals surface area contributed by atoms with Gasteiger partial charge in [0, 0.05) is 42.5 Å². The van der Waals surface area contributed by atoms with Gasteiger partial charge >= 0.3 is 0 Å². The molecule has 2 aromatic heterocycles. The van der Waals surface area contributed by atoms with Crippen LogP contribution < -0.4 is 4.90 Å². The van der Waals surface area contributed by atoms with Gasteiger partial charge in [0.2, 0.25) is 5.95 Å². The molecule has 0 aliphatic carbocycles. The van der Waals surface area contributed by atoms with Crippen LogP contribution in [0.4, 0.5) is 17.3 Å². The molecule has 0 N–H and O–H groups in total. The van der Waals surface area contributed by atoms with Crippen molar-refractivity contribution in [1.82, 2.24) is 9.97 Å². The lowest BCUT2D eigenvalue weighted by Crippen LogP contribution is -2.14. The zero-order valence-corrected chi connectivity index (χ0v) is 29.0. The van der Waals surface area contributed by atoms with E-state index in [9.17, 15) is 0 Å². The molecule has 0 bridgehead atoms. The second-order valence-corrected chi connectivity index (χ2v) is 14.0. The molecule has 8 aromatic carbocycles. The number of fused-ring (bicyclic) bond motifs is 6. The van der Waals surface area contributed by atoms with Crippen LogP contribution in [0.25, 0.3) is 75.4 Å². The Balaban J connectivity index is 1.18. The van der Waals surface area contributed by atoms with Crippen LogP contribution in [-0.4, -0.2) is 9.97 Å². The highest BCUT2D eigenvalue weighted by molar-refractivity contribution is 7.27. The van der Waals surface area contributed by atoms with Crippen molar-refractivity contribution >= 4 is 70.5 Å². The van der Waals surface area contributed by atoms with Crippen molar-refractivity contribution in [2.45, 2.75) is 0 Å². The Morgan fingerprint density at radius 1 is 0.365 bits per heavy atom. The van der Waals surface area contributed by atoms with E-state index in [0.717, 1.165) is 44.7 Å². The predicted molar refractivity (Wildman–Crippen MR) is 221 cm³/mol. The molecule has 3 nitrogen and oxygen atoms in total. The van der Waals surface area contributed by atoms with Crippen molar-refractivity contribution in [3.63, 3.8) is 0 Å². The second kappa shape index (κ2) is 12.6. The summed E-state index contributed by atoms with van der Waals surface area (Å²) in [6.07, 6.45) is 0. The molecule has 4 heteroatoms. The molecule has 10 aromatic rings. The summed E-state index contributed by atoms with van der Waals surface area (Å²) in [5, 5.41) is 6.09. The monoisotopic (exact) mass is 681 g/mol. The highest BCUT2D eigenvalue weighted by atomic mass is 32.1. The molecular formula is C48H31N3S. The molecule has 0 atom stereocenters. The maximum Gasteiger partial charge on any atom is 0.235 e. The van der Waals surface area contributed by atoms with Crippen molar-refractivity contribution in [3.8, 4) is 33.5 Å². The normalized spacial score (nSPS) is 11.5. The smallest absolute Gasteiger partial charge is 0.235 e. The molecule has 2 heterocycles. The van der Waals surface area contributed by atoms with Crippen LogP contribution in [0, 0.1) is 0 Å². The summed E-state index contributed by atoms with van der Waals surface area (Å²) < 4.78 is 2.53. The number of rotatable bonds is 6. The minimum absolute atomic E-state index is 0.622. The van der Waals surface area contributed by atoms with Crippen LogP contribution in [0.2, 0.25) is 0 Å². The molecule has 0 radical (unpaired) electrons. The van der Waals surface area contributed by atoms with E-state index in [-0.39, 0.29) is 0 Å². The number of nitrogens with zero attached hydrogens (tertiary/aromatic N) is 3. The maximum absolute atomic E-state index is 5.49. The van der Waals surface area contributed by atoms with Gasteiger partial charge < -0.3 is 0 Å². The van der Waals surface area contributed by atoms with Gasteiger partial charge in [-0.3, -0.25) is 4.90 Å². The van der Waals surface area contributed by atoms with Crippen LogP contribution in [0.1, 0.15) is 0 Å². The first-order valence-corrected chi connectivity index (χ1v) is 18.3. The third-order valence-electron chi connectivity index (χ3n) is 9.90. The van der Waals surface area contributed by atoms with Gasteiger partial charge in [0.05, 0.1) is 11.2 Å². The molecule has 10 rings (SSSR count). The molecule has 0 aliphatic heterocycles. The van der Waals surface area contributed by atoms with E-state index in [2.05, 4.69) is 193 Å². The van der Waals surface area contributed by atoms with Crippen molar-refractivity contribution in [2.24, 2.45) is 0 Å². The number of aromatic nitrogens is 2. The van der Waals surface area contributed by atoms with E-state index in [4.69, 9.17) is 9.97 Å². The number of hydrogen-bond donors (Lipinski definition) is 0. The number of hydrogen-bond acceptors (Lipinski definition) is 4. The van der Waals surface area contributed by atoms with Gasteiger partial charge in [-0.25, -0.2) is 9.97 Å². The Bertz CT molecular complexity index is 2800. The summed E-state index contributed by atoms with van der Waals surface area (Å²) in [6.45, 7) is 0. The van der Waals surface area contributed by atoms with Gasteiger partial charge in [-0.1, -0.05) is 158 Å². The largest absolute Gasteiger partial charge is 0.279 e. The van der Waals surface area contributed by atoms with Gasteiger partial charge in [-0.05, 0) is 63.4 Å². The van der Waals surface area contributed by atoms with Gasteiger partial charge in [0.1, 0.15) is 0 Å². The molecule has 0 fully saturated rings. The quantitative estimate of drug-likeness (QED) is 0.175. The highest BCUT2D eigenvalue weighted by Crippen LogP contribution is 2.44. The lowest BCUT2D eigenvalue weighted by Gasteiger charge is -2.25.